The molecule has 0 spiro atoms. The maximum Gasteiger partial charge on any atom is 0.261 e. The van der Waals surface area contributed by atoms with Crippen LogP contribution in [0.25, 0.3) is 0 Å². The average Bonchev–Trinajstić information content (AvgIpc) is 2.15. The monoisotopic (exact) mass is 309 g/mol. The molecule has 0 radical (unpaired) electrons. The number of nitriles is 1. The molecule has 80 valence electrons. The normalized spacial score (nSPS) is 11.1. The Morgan fingerprint density at radius 1 is 1.53 bits per heavy atom. The minimum atomic E-state index is -3.97. The Labute approximate surface area is 99.6 Å². The fourth-order valence-corrected chi connectivity index (χ4v) is 2.85. The molecule has 0 aliphatic carbocycles. The molecule has 0 fully saturated rings. The molecule has 0 amide bonds. The second-order valence-corrected chi connectivity index (χ2v) is 6.09. The lowest BCUT2D eigenvalue weighted by Crippen LogP contribution is -2.01. The molecule has 0 atom stereocenters. The number of rotatable bonds is 2. The highest BCUT2D eigenvalue weighted by atomic mass is 79.9. The second kappa shape index (κ2) is 4.49. The summed E-state index contributed by atoms with van der Waals surface area (Å²) in [6.45, 7) is -0.558. The van der Waals surface area contributed by atoms with E-state index in [1.54, 1.807) is 6.07 Å². The number of halogens is 2. The lowest BCUT2D eigenvalue weighted by Gasteiger charge is -2.06. The molecule has 0 aliphatic heterocycles. The van der Waals surface area contributed by atoms with Gasteiger partial charge in [0.1, 0.15) is 0 Å². The third-order valence-electron chi connectivity index (χ3n) is 1.72. The van der Waals surface area contributed by atoms with Gasteiger partial charge in [-0.25, -0.2) is 8.42 Å². The topological polar surface area (TPSA) is 78.2 Å². The van der Waals surface area contributed by atoms with Gasteiger partial charge < -0.3 is 5.11 Å². The zero-order chi connectivity index (χ0) is 11.6. The minimum Gasteiger partial charge on any atom is -0.392 e. The maximum absolute atomic E-state index is 11.2. The quantitative estimate of drug-likeness (QED) is 0.844. The van der Waals surface area contributed by atoms with Crippen molar-refractivity contribution in [2.24, 2.45) is 0 Å². The summed E-state index contributed by atoms with van der Waals surface area (Å²) in [5.74, 6) is 0. The van der Waals surface area contributed by atoms with Crippen LogP contribution in [0.2, 0.25) is 0 Å². The zero-order valence-electron chi connectivity index (χ0n) is 7.24. The van der Waals surface area contributed by atoms with Gasteiger partial charge in [-0.2, -0.15) is 5.26 Å². The Kier molecular flexibility index (Phi) is 3.73. The first-order chi connectivity index (χ1) is 6.90. The summed E-state index contributed by atoms with van der Waals surface area (Å²) in [6, 6.07) is 4.45. The molecule has 1 N–H and O–H groups in total. The van der Waals surface area contributed by atoms with E-state index in [2.05, 4.69) is 15.9 Å². The molecule has 0 unspecified atom stereocenters. The highest BCUT2D eigenvalue weighted by Crippen LogP contribution is 2.27. The summed E-state index contributed by atoms with van der Waals surface area (Å²) in [4.78, 5) is -0.252. The van der Waals surface area contributed by atoms with Crippen molar-refractivity contribution in [3.63, 3.8) is 0 Å². The van der Waals surface area contributed by atoms with Crippen LogP contribution in [0.3, 0.4) is 0 Å². The fourth-order valence-electron chi connectivity index (χ4n) is 1.09. The fraction of sp³-hybridized carbons (Fsp3) is 0.125. The highest BCUT2D eigenvalue weighted by molar-refractivity contribution is 9.10. The van der Waals surface area contributed by atoms with Gasteiger partial charge in [0.25, 0.3) is 9.05 Å². The van der Waals surface area contributed by atoms with E-state index in [1.807, 2.05) is 0 Å². The molecule has 0 bridgehead atoms. The Morgan fingerprint density at radius 2 is 2.13 bits per heavy atom. The Balaban J connectivity index is 3.66. The minimum absolute atomic E-state index is 0.00991. The number of nitrogens with zero attached hydrogens (tertiary/aromatic N) is 1. The van der Waals surface area contributed by atoms with Crippen molar-refractivity contribution >= 4 is 35.7 Å². The van der Waals surface area contributed by atoms with Gasteiger partial charge in [0.05, 0.1) is 23.1 Å². The Hall–Kier alpha value is -0.610. The van der Waals surface area contributed by atoms with Crippen molar-refractivity contribution in [3.05, 3.63) is 27.7 Å². The van der Waals surface area contributed by atoms with Gasteiger partial charge >= 0.3 is 0 Å². The first-order valence-electron chi connectivity index (χ1n) is 3.68. The largest absolute Gasteiger partial charge is 0.392 e. The Bertz CT molecular complexity index is 536. The van der Waals surface area contributed by atoms with Gasteiger partial charge in [-0.05, 0) is 12.1 Å². The molecule has 0 saturated carbocycles. The Morgan fingerprint density at radius 3 is 2.53 bits per heavy atom. The number of aliphatic hydroxyl groups is 1. The molecular weight excluding hydrogens is 306 g/mol. The average molecular weight is 311 g/mol. The van der Waals surface area contributed by atoms with E-state index < -0.39 is 15.7 Å². The van der Waals surface area contributed by atoms with Crippen LogP contribution in [0, 0.1) is 11.3 Å². The van der Waals surface area contributed by atoms with Crippen LogP contribution in [0.5, 0.6) is 0 Å². The van der Waals surface area contributed by atoms with Gasteiger partial charge in [-0.15, -0.1) is 0 Å². The van der Waals surface area contributed by atoms with Crippen LogP contribution >= 0.6 is 26.6 Å². The van der Waals surface area contributed by atoms with E-state index in [4.69, 9.17) is 21.1 Å². The highest BCUT2D eigenvalue weighted by Gasteiger charge is 2.19. The van der Waals surface area contributed by atoms with Gasteiger partial charge in [0, 0.05) is 20.7 Å². The van der Waals surface area contributed by atoms with E-state index >= 15 is 0 Å². The number of aliphatic hydroxyl groups excluding tert-OH is 1. The van der Waals surface area contributed by atoms with Gasteiger partial charge in [0.15, 0.2) is 0 Å². The summed E-state index contributed by atoms with van der Waals surface area (Å²) in [5.41, 5.74) is 0.0850. The molecule has 4 nitrogen and oxygen atoms in total. The van der Waals surface area contributed by atoms with Crippen molar-refractivity contribution in [1.82, 2.24) is 0 Å². The third kappa shape index (κ3) is 2.69. The molecule has 0 aliphatic rings. The van der Waals surface area contributed by atoms with E-state index in [-0.39, 0.29) is 16.0 Å². The number of benzene rings is 1. The first kappa shape index (κ1) is 12.5. The first-order valence-corrected chi connectivity index (χ1v) is 6.78. The van der Waals surface area contributed by atoms with Crippen LogP contribution in [-0.4, -0.2) is 13.5 Å². The zero-order valence-corrected chi connectivity index (χ0v) is 10.4. The third-order valence-corrected chi connectivity index (χ3v) is 3.56. The molecule has 1 aromatic carbocycles. The van der Waals surface area contributed by atoms with Crippen molar-refractivity contribution in [2.45, 2.75) is 11.5 Å². The molecule has 1 aromatic rings. The predicted molar refractivity (Wildman–Crippen MR) is 57.8 cm³/mol. The molecule has 0 aromatic heterocycles. The SMILES string of the molecule is N#Cc1cc(Br)cc(S(=O)(=O)Cl)c1CO. The van der Waals surface area contributed by atoms with E-state index in [9.17, 15) is 8.42 Å². The number of hydrogen-bond donors (Lipinski definition) is 1. The standard InChI is InChI=1S/C8H5BrClNO3S/c9-6-1-5(3-11)7(4-12)8(2-6)15(10,13)14/h1-2,12H,4H2. The summed E-state index contributed by atoms with van der Waals surface area (Å²) in [5, 5.41) is 17.7. The van der Waals surface area contributed by atoms with Crippen LogP contribution in [-0.2, 0) is 15.7 Å². The molecule has 0 saturated heterocycles. The smallest absolute Gasteiger partial charge is 0.261 e. The lowest BCUT2D eigenvalue weighted by molar-refractivity contribution is 0.278. The van der Waals surface area contributed by atoms with Crippen LogP contribution < -0.4 is 0 Å². The molecule has 15 heavy (non-hydrogen) atoms. The van der Waals surface area contributed by atoms with E-state index in [0.29, 0.717) is 4.47 Å². The predicted octanol–water partition coefficient (Wildman–Crippen LogP) is 1.74. The van der Waals surface area contributed by atoms with Crippen molar-refractivity contribution in [3.8, 4) is 6.07 Å². The van der Waals surface area contributed by atoms with Crippen LogP contribution in [0.15, 0.2) is 21.5 Å². The van der Waals surface area contributed by atoms with Crippen molar-refractivity contribution < 1.29 is 13.5 Å². The molecule has 0 heterocycles. The lowest BCUT2D eigenvalue weighted by atomic mass is 10.1. The van der Waals surface area contributed by atoms with Crippen molar-refractivity contribution in [2.75, 3.05) is 0 Å². The van der Waals surface area contributed by atoms with Gasteiger partial charge in [-0.3, -0.25) is 0 Å². The van der Waals surface area contributed by atoms with Crippen LogP contribution in [0.1, 0.15) is 11.1 Å². The van der Waals surface area contributed by atoms with Crippen molar-refractivity contribution in [1.29, 1.82) is 5.26 Å². The maximum atomic E-state index is 11.2. The van der Waals surface area contributed by atoms with Gasteiger partial charge in [0.2, 0.25) is 0 Å². The van der Waals surface area contributed by atoms with Gasteiger partial charge in [-0.1, -0.05) is 15.9 Å². The van der Waals surface area contributed by atoms with E-state index in [1.165, 1.54) is 12.1 Å². The molecule has 1 rings (SSSR count). The summed E-state index contributed by atoms with van der Waals surface area (Å²) < 4.78 is 22.7. The van der Waals surface area contributed by atoms with Crippen LogP contribution in [0.4, 0.5) is 0 Å². The molecule has 7 heteroatoms. The summed E-state index contributed by atoms with van der Waals surface area (Å²) >= 11 is 3.05. The summed E-state index contributed by atoms with van der Waals surface area (Å²) in [6.07, 6.45) is 0. The molecular formula is C8H5BrClNO3S. The second-order valence-electron chi connectivity index (χ2n) is 2.64. The number of hydrogen-bond acceptors (Lipinski definition) is 4. The van der Waals surface area contributed by atoms with E-state index in [0.717, 1.165) is 0 Å². The summed E-state index contributed by atoms with van der Waals surface area (Å²) in [7, 11) is 1.20.